The van der Waals surface area contributed by atoms with Crippen molar-refractivity contribution < 1.29 is 13.5 Å². The highest BCUT2D eigenvalue weighted by Crippen LogP contribution is 2.30. The Morgan fingerprint density at radius 1 is 1.25 bits per heavy atom. The van der Waals surface area contributed by atoms with Crippen LogP contribution in [0.3, 0.4) is 0 Å². The van der Waals surface area contributed by atoms with Gasteiger partial charge in [-0.15, -0.1) is 0 Å². The lowest BCUT2D eigenvalue weighted by atomic mass is 9.82. The van der Waals surface area contributed by atoms with Crippen molar-refractivity contribution in [1.82, 2.24) is 9.97 Å². The summed E-state index contributed by atoms with van der Waals surface area (Å²) in [5.74, 6) is -1.10. The zero-order valence-electron chi connectivity index (χ0n) is 12.9. The van der Waals surface area contributed by atoms with Crippen LogP contribution in [0.25, 0.3) is 11.3 Å². The average molecular weight is 330 g/mol. The molecule has 5 nitrogen and oxygen atoms in total. The molecule has 0 bridgehead atoms. The Kier molecular flexibility index (Phi) is 4.67. The molecule has 0 spiro atoms. The van der Waals surface area contributed by atoms with Crippen molar-refractivity contribution in [2.45, 2.75) is 12.8 Å². The monoisotopic (exact) mass is 330 g/mol. The molecule has 7 heteroatoms. The van der Waals surface area contributed by atoms with Gasteiger partial charge >= 0.3 is 0 Å². The van der Waals surface area contributed by atoms with Gasteiger partial charge in [0.05, 0.1) is 17.2 Å². The van der Waals surface area contributed by atoms with Gasteiger partial charge in [-0.05, 0) is 31.0 Å². The summed E-state index contributed by atoms with van der Waals surface area (Å²) in [6.45, 7) is 1.31. The maximum atomic E-state index is 14.0. The Morgan fingerprint density at radius 2 is 2.04 bits per heavy atom. The summed E-state index contributed by atoms with van der Waals surface area (Å²) in [6.07, 6.45) is 2.51. The number of halogens is 2. The van der Waals surface area contributed by atoms with Crippen LogP contribution in [-0.2, 0) is 4.74 Å². The molecular weight excluding hydrogens is 314 g/mol. The van der Waals surface area contributed by atoms with E-state index in [4.69, 9.17) is 4.74 Å². The van der Waals surface area contributed by atoms with Crippen molar-refractivity contribution in [3.05, 3.63) is 42.2 Å². The van der Waals surface area contributed by atoms with E-state index < -0.39 is 17.2 Å². The minimum Gasteiger partial charge on any atom is -0.381 e. The van der Waals surface area contributed by atoms with Gasteiger partial charge in [0.2, 0.25) is 5.95 Å². The van der Waals surface area contributed by atoms with Crippen LogP contribution in [0.4, 0.5) is 14.6 Å². The maximum Gasteiger partial charge on any atom is 0.213 e. The molecule has 24 heavy (non-hydrogen) atoms. The molecular formula is C17H16F2N4O. The fourth-order valence-electron chi connectivity index (χ4n) is 2.63. The number of ether oxygens (including phenoxy) is 1. The third kappa shape index (κ3) is 3.49. The summed E-state index contributed by atoms with van der Waals surface area (Å²) in [7, 11) is 0. The molecule has 124 valence electrons. The highest BCUT2D eigenvalue weighted by Gasteiger charge is 2.32. The number of nitriles is 1. The molecule has 0 unspecified atom stereocenters. The smallest absolute Gasteiger partial charge is 0.213 e. The normalized spacial score (nSPS) is 16.4. The summed E-state index contributed by atoms with van der Waals surface area (Å²) in [4.78, 5) is 7.70. The van der Waals surface area contributed by atoms with Crippen LogP contribution in [0.5, 0.6) is 0 Å². The van der Waals surface area contributed by atoms with Crippen LogP contribution in [-0.4, -0.2) is 29.7 Å². The van der Waals surface area contributed by atoms with Crippen LogP contribution in [0.2, 0.25) is 0 Å². The molecule has 2 aromatic heterocycles. The van der Waals surface area contributed by atoms with Crippen LogP contribution >= 0.6 is 0 Å². The first-order chi connectivity index (χ1) is 11.6. The molecule has 0 aromatic carbocycles. The number of rotatable bonds is 4. The average Bonchev–Trinajstić information content (AvgIpc) is 2.62. The van der Waals surface area contributed by atoms with E-state index in [0.29, 0.717) is 37.3 Å². The van der Waals surface area contributed by atoms with Gasteiger partial charge in [0.15, 0.2) is 11.6 Å². The van der Waals surface area contributed by atoms with E-state index >= 15 is 0 Å². The van der Waals surface area contributed by atoms with Crippen molar-refractivity contribution in [2.75, 3.05) is 25.1 Å². The van der Waals surface area contributed by atoms with Crippen LogP contribution in [0, 0.1) is 28.5 Å². The van der Waals surface area contributed by atoms with Gasteiger partial charge in [0.25, 0.3) is 0 Å². The number of nitrogens with one attached hydrogen (secondary N) is 1. The molecule has 1 aliphatic rings. The number of nitrogens with zero attached hydrogens (tertiary/aromatic N) is 3. The molecule has 0 aliphatic carbocycles. The van der Waals surface area contributed by atoms with E-state index in [-0.39, 0.29) is 12.4 Å². The first kappa shape index (κ1) is 16.3. The van der Waals surface area contributed by atoms with E-state index in [0.717, 1.165) is 0 Å². The van der Waals surface area contributed by atoms with E-state index in [1.807, 2.05) is 0 Å². The quantitative estimate of drug-likeness (QED) is 0.872. The first-order valence-corrected chi connectivity index (χ1v) is 7.63. The van der Waals surface area contributed by atoms with E-state index in [1.165, 1.54) is 24.4 Å². The zero-order valence-corrected chi connectivity index (χ0v) is 12.9. The van der Waals surface area contributed by atoms with Crippen molar-refractivity contribution in [3.63, 3.8) is 0 Å². The third-order valence-electron chi connectivity index (χ3n) is 4.15. The number of hydrogen-bond donors (Lipinski definition) is 1. The van der Waals surface area contributed by atoms with Crippen molar-refractivity contribution >= 4 is 5.82 Å². The van der Waals surface area contributed by atoms with Crippen LogP contribution < -0.4 is 5.32 Å². The molecule has 2 aromatic rings. The van der Waals surface area contributed by atoms with Gasteiger partial charge < -0.3 is 10.1 Å². The molecule has 0 amide bonds. The predicted molar refractivity (Wildman–Crippen MR) is 84.0 cm³/mol. The molecule has 0 saturated carbocycles. The fourth-order valence-corrected chi connectivity index (χ4v) is 2.63. The number of aromatic nitrogens is 2. The topological polar surface area (TPSA) is 70.8 Å². The third-order valence-corrected chi connectivity index (χ3v) is 4.15. The first-order valence-electron chi connectivity index (χ1n) is 7.63. The predicted octanol–water partition coefficient (Wildman–Crippen LogP) is 3.15. The number of anilines is 1. The largest absolute Gasteiger partial charge is 0.381 e. The van der Waals surface area contributed by atoms with Crippen molar-refractivity contribution in [3.8, 4) is 17.3 Å². The van der Waals surface area contributed by atoms with Crippen LogP contribution in [0.15, 0.2) is 30.5 Å². The van der Waals surface area contributed by atoms with Crippen molar-refractivity contribution in [2.24, 2.45) is 5.41 Å². The Hall–Kier alpha value is -2.59. The summed E-state index contributed by atoms with van der Waals surface area (Å²) >= 11 is 0. The van der Waals surface area contributed by atoms with Gasteiger partial charge in [-0.2, -0.15) is 9.65 Å². The van der Waals surface area contributed by atoms with Crippen molar-refractivity contribution in [1.29, 1.82) is 5.26 Å². The molecule has 0 atom stereocenters. The molecule has 1 aliphatic heterocycles. The van der Waals surface area contributed by atoms with E-state index in [9.17, 15) is 14.0 Å². The summed E-state index contributed by atoms with van der Waals surface area (Å²) in [5, 5.41) is 12.4. The number of hydrogen-bond acceptors (Lipinski definition) is 5. The second-order valence-electron chi connectivity index (χ2n) is 5.75. The van der Waals surface area contributed by atoms with Gasteiger partial charge in [-0.3, -0.25) is 0 Å². The SMILES string of the molecule is N#CC1(CNc2nc(-c3ccnc(F)c3)ccc2F)CCOCC1. The summed E-state index contributed by atoms with van der Waals surface area (Å²) < 4.78 is 32.6. The lowest BCUT2D eigenvalue weighted by molar-refractivity contribution is 0.0455. The Morgan fingerprint density at radius 3 is 2.75 bits per heavy atom. The Bertz CT molecular complexity index is 769. The van der Waals surface area contributed by atoms with E-state index in [1.54, 1.807) is 6.07 Å². The molecule has 3 rings (SSSR count). The standard InChI is InChI=1S/C17H16F2N4O/c18-13-1-2-14(12-3-6-21-15(19)9-12)23-16(13)22-11-17(10-20)4-7-24-8-5-17/h1-3,6,9H,4-5,7-8,11H2,(H,22,23). The maximum absolute atomic E-state index is 14.0. The lowest BCUT2D eigenvalue weighted by Crippen LogP contribution is -2.35. The summed E-state index contributed by atoms with van der Waals surface area (Å²) in [5.41, 5.74) is 0.343. The second-order valence-corrected chi connectivity index (χ2v) is 5.75. The molecule has 1 fully saturated rings. The highest BCUT2D eigenvalue weighted by molar-refractivity contribution is 5.61. The molecule has 3 heterocycles. The van der Waals surface area contributed by atoms with Gasteiger partial charge in [-0.1, -0.05) is 0 Å². The van der Waals surface area contributed by atoms with Crippen LogP contribution in [0.1, 0.15) is 12.8 Å². The number of pyridine rings is 2. The molecule has 1 saturated heterocycles. The highest BCUT2D eigenvalue weighted by atomic mass is 19.1. The van der Waals surface area contributed by atoms with Gasteiger partial charge in [-0.25, -0.2) is 14.4 Å². The Balaban J connectivity index is 1.81. The van der Waals surface area contributed by atoms with E-state index in [2.05, 4.69) is 21.4 Å². The summed E-state index contributed by atoms with van der Waals surface area (Å²) in [6, 6.07) is 7.89. The lowest BCUT2D eigenvalue weighted by Gasteiger charge is -2.30. The molecule has 0 radical (unpaired) electrons. The Labute approximate surface area is 138 Å². The minimum absolute atomic E-state index is 0.0471. The zero-order chi connectivity index (χ0) is 17.0. The molecule has 1 N–H and O–H groups in total. The van der Waals surface area contributed by atoms with Gasteiger partial charge in [0.1, 0.15) is 0 Å². The van der Waals surface area contributed by atoms with Gasteiger partial charge in [0, 0.05) is 37.6 Å². The minimum atomic E-state index is -0.626. The second kappa shape index (κ2) is 6.89. The fraction of sp³-hybridized carbons (Fsp3) is 0.353.